The Kier molecular flexibility index (Phi) is 9.01. The molecule has 2 aromatic rings. The number of aliphatic imine (C=N–C) groups is 1. The van der Waals surface area contributed by atoms with Crippen LogP contribution in [-0.2, 0) is 11.3 Å². The Morgan fingerprint density at radius 1 is 1.15 bits per heavy atom. The molecule has 2 aliphatic heterocycles. The molecule has 0 aliphatic carbocycles. The van der Waals surface area contributed by atoms with Crippen LogP contribution in [-0.4, -0.2) is 53.7 Å². The topological polar surface area (TPSA) is 86.2 Å². The number of amidine groups is 1. The van der Waals surface area contributed by atoms with E-state index in [1.54, 1.807) is 16.7 Å². The molecule has 4 rings (SSSR count). The van der Waals surface area contributed by atoms with Crippen LogP contribution in [0.25, 0.3) is 4.91 Å². The maximum absolute atomic E-state index is 12.3. The molecule has 34 heavy (non-hydrogen) atoms. The van der Waals surface area contributed by atoms with Crippen LogP contribution in [0, 0.1) is 5.92 Å². The third kappa shape index (κ3) is 7.35. The number of nitrogens with one attached hydrogen (secondary N) is 2. The van der Waals surface area contributed by atoms with Crippen molar-refractivity contribution < 1.29 is 14.6 Å². The number of rotatable bonds is 7. The van der Waals surface area contributed by atoms with Crippen molar-refractivity contribution in [2.45, 2.75) is 32.2 Å². The average molecular weight is 481 g/mol. The summed E-state index contributed by atoms with van der Waals surface area (Å²) in [7, 11) is 0. The lowest BCUT2D eigenvalue weighted by atomic mass is 9.97. The maximum atomic E-state index is 12.3. The van der Waals surface area contributed by atoms with E-state index in [9.17, 15) is 9.90 Å². The fourth-order valence-corrected chi connectivity index (χ4v) is 4.95. The number of hydrogen-bond donors (Lipinski definition) is 3. The van der Waals surface area contributed by atoms with Crippen molar-refractivity contribution in [3.8, 4) is 0 Å². The first-order valence-electron chi connectivity index (χ1n) is 11.8. The Bertz CT molecular complexity index is 976. The Labute approximate surface area is 205 Å². The second kappa shape index (κ2) is 12.6. The van der Waals surface area contributed by atoms with Gasteiger partial charge in [-0.25, -0.2) is 9.79 Å². The molecule has 2 heterocycles. The zero-order chi connectivity index (χ0) is 23.6. The smallest absolute Gasteiger partial charge is 0.410 e. The molecule has 8 heteroatoms. The fourth-order valence-electron chi connectivity index (χ4n) is 3.99. The first-order chi connectivity index (χ1) is 16.7. The van der Waals surface area contributed by atoms with Gasteiger partial charge in [0.2, 0.25) is 6.35 Å². The van der Waals surface area contributed by atoms with Gasteiger partial charge in [0.1, 0.15) is 12.4 Å². The number of aliphatic hydroxyl groups excluding tert-OH is 1. The largest absolute Gasteiger partial charge is 0.445 e. The van der Waals surface area contributed by atoms with Crippen molar-refractivity contribution in [2.75, 3.05) is 25.4 Å². The van der Waals surface area contributed by atoms with E-state index in [1.165, 1.54) is 10.5 Å². The zero-order valence-corrected chi connectivity index (χ0v) is 20.0. The van der Waals surface area contributed by atoms with Gasteiger partial charge in [-0.3, -0.25) is 5.32 Å². The highest BCUT2D eigenvalue weighted by molar-refractivity contribution is 8.08. The van der Waals surface area contributed by atoms with E-state index in [2.05, 4.69) is 27.8 Å². The van der Waals surface area contributed by atoms with E-state index in [-0.39, 0.29) is 6.09 Å². The number of carbonyl (C=O) groups excluding carboxylic acids is 1. The monoisotopic (exact) mass is 480 g/mol. The molecule has 7 nitrogen and oxygen atoms in total. The number of aliphatic hydroxyl groups is 1. The lowest BCUT2D eigenvalue weighted by molar-refractivity contribution is 0.0784. The zero-order valence-electron chi connectivity index (χ0n) is 19.2. The summed E-state index contributed by atoms with van der Waals surface area (Å²) in [5.74, 6) is 2.06. The third-order valence-corrected chi connectivity index (χ3v) is 7.04. The highest BCUT2D eigenvalue weighted by atomic mass is 32.2. The Hall–Kier alpha value is -2.81. The molecule has 0 bridgehead atoms. The Morgan fingerprint density at radius 2 is 1.85 bits per heavy atom. The molecule has 0 radical (unpaired) electrons. The van der Waals surface area contributed by atoms with E-state index in [4.69, 9.17) is 4.74 Å². The van der Waals surface area contributed by atoms with Crippen LogP contribution in [0.3, 0.4) is 0 Å². The van der Waals surface area contributed by atoms with Crippen molar-refractivity contribution >= 4 is 28.6 Å². The highest BCUT2D eigenvalue weighted by Crippen LogP contribution is 2.28. The van der Waals surface area contributed by atoms with E-state index in [0.29, 0.717) is 32.2 Å². The summed E-state index contributed by atoms with van der Waals surface area (Å²) in [5.41, 5.74) is 2.16. The average Bonchev–Trinajstić information content (AvgIpc) is 3.13. The SMILES string of the molecule is O=C(OCc1ccccc1)N1CCC(CNC(O)/N=C2\CCSC(c3ccccc3)=CN2)CC1. The summed E-state index contributed by atoms with van der Waals surface area (Å²) in [4.78, 5) is 19.7. The van der Waals surface area contributed by atoms with Crippen molar-refractivity contribution in [3.05, 3.63) is 78.0 Å². The van der Waals surface area contributed by atoms with Crippen LogP contribution in [0.5, 0.6) is 0 Å². The van der Waals surface area contributed by atoms with Gasteiger partial charge in [0.25, 0.3) is 0 Å². The van der Waals surface area contributed by atoms with E-state index >= 15 is 0 Å². The standard InChI is InChI=1S/C26H32N4O3S/c31-25(29-24-13-16-34-23(18-27-24)22-9-5-2-6-10-22)28-17-20-11-14-30(15-12-20)26(32)33-19-21-7-3-1-4-8-21/h1-10,18,20,25,28,31H,11-17,19H2,(H,27,29). The summed E-state index contributed by atoms with van der Waals surface area (Å²) in [6.07, 6.45) is 3.25. The van der Waals surface area contributed by atoms with Crippen molar-refractivity contribution in [1.82, 2.24) is 15.5 Å². The summed E-state index contributed by atoms with van der Waals surface area (Å²) >= 11 is 1.78. The van der Waals surface area contributed by atoms with Gasteiger partial charge in [-0.2, -0.15) is 0 Å². The van der Waals surface area contributed by atoms with Crippen LogP contribution >= 0.6 is 11.8 Å². The van der Waals surface area contributed by atoms with Gasteiger partial charge >= 0.3 is 6.09 Å². The van der Waals surface area contributed by atoms with Gasteiger partial charge in [0.05, 0.1) is 0 Å². The molecule has 0 spiro atoms. The predicted molar refractivity (Wildman–Crippen MR) is 137 cm³/mol. The first kappa shape index (κ1) is 24.3. The van der Waals surface area contributed by atoms with Crippen LogP contribution in [0.2, 0.25) is 0 Å². The molecule has 3 N–H and O–H groups in total. The summed E-state index contributed by atoms with van der Waals surface area (Å²) in [6, 6.07) is 20.0. The van der Waals surface area contributed by atoms with Crippen LogP contribution in [0.15, 0.2) is 71.9 Å². The van der Waals surface area contributed by atoms with Crippen LogP contribution in [0.1, 0.15) is 30.4 Å². The van der Waals surface area contributed by atoms with E-state index in [1.807, 2.05) is 54.7 Å². The molecule has 2 aliphatic rings. The molecule has 0 saturated carbocycles. The fraction of sp³-hybridized carbons (Fsp3) is 0.385. The molecule has 1 atom stereocenters. The number of nitrogens with zero attached hydrogens (tertiary/aromatic N) is 2. The van der Waals surface area contributed by atoms with E-state index in [0.717, 1.165) is 36.4 Å². The number of hydrogen-bond acceptors (Lipinski definition) is 6. The molecule has 1 saturated heterocycles. The molecule has 2 aromatic carbocycles. The van der Waals surface area contributed by atoms with E-state index < -0.39 is 6.35 Å². The molecule has 1 unspecified atom stereocenters. The summed E-state index contributed by atoms with van der Waals surface area (Å²) in [6.45, 7) is 2.28. The highest BCUT2D eigenvalue weighted by Gasteiger charge is 2.24. The molecule has 1 fully saturated rings. The number of benzene rings is 2. The van der Waals surface area contributed by atoms with Crippen molar-refractivity contribution in [1.29, 1.82) is 0 Å². The number of carbonyl (C=O) groups is 1. The minimum absolute atomic E-state index is 0.262. The Balaban J connectivity index is 1.17. The predicted octanol–water partition coefficient (Wildman–Crippen LogP) is 4.02. The van der Waals surface area contributed by atoms with Crippen molar-refractivity contribution in [2.24, 2.45) is 10.9 Å². The lowest BCUT2D eigenvalue weighted by Crippen LogP contribution is -2.42. The first-order valence-corrected chi connectivity index (χ1v) is 12.7. The van der Waals surface area contributed by atoms with Crippen LogP contribution < -0.4 is 10.6 Å². The van der Waals surface area contributed by atoms with Gasteiger partial charge in [-0.1, -0.05) is 60.7 Å². The number of piperidine rings is 1. The molecular formula is C26H32N4O3S. The Morgan fingerprint density at radius 3 is 2.59 bits per heavy atom. The minimum Gasteiger partial charge on any atom is -0.445 e. The number of likely N-dealkylation sites (tertiary alicyclic amines) is 1. The van der Waals surface area contributed by atoms with Gasteiger partial charge in [0, 0.05) is 42.9 Å². The van der Waals surface area contributed by atoms with Gasteiger partial charge < -0.3 is 20.1 Å². The van der Waals surface area contributed by atoms with Gasteiger partial charge in [-0.05, 0) is 29.9 Å². The molecule has 0 aromatic heterocycles. The van der Waals surface area contributed by atoms with Gasteiger partial charge in [0.15, 0.2) is 0 Å². The lowest BCUT2D eigenvalue weighted by Gasteiger charge is -2.31. The number of ether oxygens (including phenoxy) is 1. The van der Waals surface area contributed by atoms with Crippen molar-refractivity contribution in [3.63, 3.8) is 0 Å². The second-order valence-corrected chi connectivity index (χ2v) is 9.58. The minimum atomic E-state index is -0.951. The second-order valence-electron chi connectivity index (χ2n) is 8.45. The molecule has 1 amide bonds. The quantitative estimate of drug-likeness (QED) is 0.519. The number of amides is 1. The molecular weight excluding hydrogens is 448 g/mol. The summed E-state index contributed by atoms with van der Waals surface area (Å²) in [5, 5.41) is 16.7. The maximum Gasteiger partial charge on any atom is 0.410 e. The summed E-state index contributed by atoms with van der Waals surface area (Å²) < 4.78 is 5.43. The van der Waals surface area contributed by atoms with Crippen LogP contribution in [0.4, 0.5) is 4.79 Å². The normalized spacial score (nSPS) is 19.1. The number of thioether (sulfide) groups is 1. The van der Waals surface area contributed by atoms with Gasteiger partial charge in [-0.15, -0.1) is 11.8 Å². The third-order valence-electron chi connectivity index (χ3n) is 5.97. The molecule has 180 valence electrons.